The molecule has 6 rings (SSSR count). The van der Waals surface area contributed by atoms with Gasteiger partial charge in [-0.25, -0.2) is 9.97 Å². The van der Waals surface area contributed by atoms with E-state index in [4.69, 9.17) is 10.8 Å². The van der Waals surface area contributed by atoms with Crippen molar-refractivity contribution in [2.45, 2.75) is 95.3 Å². The fraction of sp³-hybridized carbons (Fsp3) is 0.441. The maximum absolute atomic E-state index is 13.1. The fourth-order valence-corrected chi connectivity index (χ4v) is 6.68. The van der Waals surface area contributed by atoms with E-state index in [0.29, 0.717) is 17.9 Å². The summed E-state index contributed by atoms with van der Waals surface area (Å²) in [5.74, 6) is -0.293. The third-order valence-electron chi connectivity index (χ3n) is 9.04. The Bertz CT molecular complexity index is 1720. The maximum atomic E-state index is 13.1. The average Bonchev–Trinajstić information content (AvgIpc) is 3.45. The van der Waals surface area contributed by atoms with E-state index in [0.717, 1.165) is 111 Å². The molecule has 2 amide bonds. The summed E-state index contributed by atoms with van der Waals surface area (Å²) >= 11 is 0. The number of carbonyl (C=O) groups is 2. The first kappa shape index (κ1) is 31.5. The minimum atomic E-state index is -4.55. The molecule has 4 heterocycles. The van der Waals surface area contributed by atoms with Crippen molar-refractivity contribution in [2.75, 3.05) is 11.1 Å². The second-order valence-corrected chi connectivity index (χ2v) is 12.4. The number of nitrogen functional groups attached to an aromatic ring is 1. The fourth-order valence-electron chi connectivity index (χ4n) is 6.68. The third-order valence-corrected chi connectivity index (χ3v) is 9.04. The summed E-state index contributed by atoms with van der Waals surface area (Å²) in [6.07, 6.45) is 9.64. The Morgan fingerprint density at radius 3 is 2.46 bits per heavy atom. The van der Waals surface area contributed by atoms with Crippen LogP contribution < -0.4 is 16.4 Å². The van der Waals surface area contributed by atoms with Crippen LogP contribution in [0, 0.1) is 0 Å². The first-order valence-electron chi connectivity index (χ1n) is 16.1. The standard InChI is InChI=1S/C34H38F3N7O2/c35-34(36,37)24-16-17-39-27(18-24)42-33(46)22-14-12-21(13-15-22)30-29-31-23(20-40-32(29)38)8-5-3-1-2-4-6-11-28(45)41-25-9-7-10-26(19-25)44(31)43-30/h12-18,20,25-26H,1-11,19H2,(H2,38,40)(H,41,45)(H,39,42,46)/t25-,26-/m1/s1. The van der Waals surface area contributed by atoms with E-state index >= 15 is 0 Å². The predicted octanol–water partition coefficient (Wildman–Crippen LogP) is 7.23. The number of nitrogens with one attached hydrogen (secondary N) is 2. The molecule has 0 spiro atoms. The molecule has 1 aliphatic carbocycles. The number of fused-ring (bicyclic) bond motifs is 3. The van der Waals surface area contributed by atoms with Crippen molar-refractivity contribution in [1.82, 2.24) is 25.1 Å². The smallest absolute Gasteiger partial charge is 0.383 e. The summed E-state index contributed by atoms with van der Waals surface area (Å²) < 4.78 is 41.4. The van der Waals surface area contributed by atoms with Crippen LogP contribution in [0.1, 0.15) is 98.2 Å². The topological polar surface area (TPSA) is 128 Å². The SMILES string of the molecule is Nc1ncc2c3c1c(-c1ccc(C(=O)Nc4cc(C(F)(F)F)ccn4)cc1)nn3[C@@H]1CCC[C@H](C1)NC(=O)CCCCCCCC2. The maximum Gasteiger partial charge on any atom is 0.416 e. The lowest BCUT2D eigenvalue weighted by Gasteiger charge is -2.30. The van der Waals surface area contributed by atoms with Crippen molar-refractivity contribution >= 4 is 34.4 Å². The Kier molecular flexibility index (Phi) is 9.23. The van der Waals surface area contributed by atoms with Gasteiger partial charge in [0.1, 0.15) is 17.3 Å². The van der Waals surface area contributed by atoms with E-state index in [1.165, 1.54) is 0 Å². The van der Waals surface area contributed by atoms with Crippen LogP contribution in [0.25, 0.3) is 22.2 Å². The molecular weight excluding hydrogens is 595 g/mol. The Morgan fingerprint density at radius 2 is 1.70 bits per heavy atom. The van der Waals surface area contributed by atoms with Crippen molar-refractivity contribution in [3.05, 3.63) is 65.5 Å². The minimum absolute atomic E-state index is 0.0637. The number of anilines is 2. The number of aromatic nitrogens is 4. The number of benzene rings is 1. The van der Waals surface area contributed by atoms with Crippen molar-refractivity contribution in [3.63, 3.8) is 0 Å². The third kappa shape index (κ3) is 7.00. The Morgan fingerprint density at radius 1 is 0.957 bits per heavy atom. The van der Waals surface area contributed by atoms with Gasteiger partial charge in [0.05, 0.1) is 22.5 Å². The number of amides is 2. The molecule has 242 valence electrons. The molecule has 0 unspecified atom stereocenters. The normalized spacial score (nSPS) is 19.8. The van der Waals surface area contributed by atoms with Gasteiger partial charge in [-0.1, -0.05) is 37.8 Å². The number of nitrogens with zero attached hydrogens (tertiary/aromatic N) is 4. The summed E-state index contributed by atoms with van der Waals surface area (Å²) in [5.41, 5.74) is 9.32. The van der Waals surface area contributed by atoms with Crippen LogP contribution in [0.3, 0.4) is 0 Å². The number of rotatable bonds is 3. The highest BCUT2D eigenvalue weighted by atomic mass is 19.4. The minimum Gasteiger partial charge on any atom is -0.383 e. The lowest BCUT2D eigenvalue weighted by atomic mass is 9.90. The summed E-state index contributed by atoms with van der Waals surface area (Å²) in [5, 5.41) is 11.6. The van der Waals surface area contributed by atoms with Gasteiger partial charge in [0.2, 0.25) is 5.91 Å². The van der Waals surface area contributed by atoms with Crippen LogP contribution in [0.15, 0.2) is 48.8 Å². The number of halogens is 3. The lowest BCUT2D eigenvalue weighted by molar-refractivity contribution is -0.137. The van der Waals surface area contributed by atoms with Gasteiger partial charge in [0.15, 0.2) is 0 Å². The van der Waals surface area contributed by atoms with Crippen molar-refractivity contribution in [1.29, 1.82) is 0 Å². The molecule has 2 bridgehead atoms. The number of alkyl halides is 3. The summed E-state index contributed by atoms with van der Waals surface area (Å²) in [4.78, 5) is 34.0. The molecule has 1 aromatic carbocycles. The monoisotopic (exact) mass is 633 g/mol. The Labute approximate surface area is 265 Å². The van der Waals surface area contributed by atoms with Crippen LogP contribution in [0.2, 0.25) is 0 Å². The molecule has 46 heavy (non-hydrogen) atoms. The van der Waals surface area contributed by atoms with Crippen LogP contribution >= 0.6 is 0 Å². The molecule has 9 nitrogen and oxygen atoms in total. The molecule has 1 saturated carbocycles. The highest BCUT2D eigenvalue weighted by molar-refractivity contribution is 6.05. The zero-order valence-corrected chi connectivity index (χ0v) is 25.6. The molecule has 12 heteroatoms. The number of carbonyl (C=O) groups excluding carboxylic acids is 2. The van der Waals surface area contributed by atoms with E-state index in [-0.39, 0.29) is 29.4 Å². The largest absolute Gasteiger partial charge is 0.416 e. The van der Waals surface area contributed by atoms with Gasteiger partial charge in [-0.05, 0) is 74.8 Å². The summed E-state index contributed by atoms with van der Waals surface area (Å²) in [6.45, 7) is 0. The van der Waals surface area contributed by atoms with Crippen LogP contribution in [-0.2, 0) is 17.4 Å². The van der Waals surface area contributed by atoms with Crippen molar-refractivity contribution < 1.29 is 22.8 Å². The zero-order valence-electron chi connectivity index (χ0n) is 25.6. The first-order valence-corrected chi connectivity index (χ1v) is 16.1. The van der Waals surface area contributed by atoms with E-state index in [1.54, 1.807) is 24.3 Å². The average molecular weight is 634 g/mol. The molecule has 1 aliphatic heterocycles. The second kappa shape index (κ2) is 13.5. The number of aryl methyl sites for hydroxylation is 1. The first-order chi connectivity index (χ1) is 22.2. The van der Waals surface area contributed by atoms with Gasteiger partial charge in [0.25, 0.3) is 5.91 Å². The summed E-state index contributed by atoms with van der Waals surface area (Å²) in [7, 11) is 0. The van der Waals surface area contributed by atoms with Gasteiger partial charge >= 0.3 is 6.18 Å². The molecule has 2 atom stereocenters. The molecule has 4 N–H and O–H groups in total. The zero-order chi connectivity index (χ0) is 32.3. The highest BCUT2D eigenvalue weighted by Gasteiger charge is 2.31. The van der Waals surface area contributed by atoms with E-state index in [1.807, 2.05) is 6.20 Å². The second-order valence-electron chi connectivity index (χ2n) is 12.4. The van der Waals surface area contributed by atoms with Crippen LogP contribution in [0.5, 0.6) is 0 Å². The van der Waals surface area contributed by atoms with Crippen LogP contribution in [-0.4, -0.2) is 37.6 Å². The van der Waals surface area contributed by atoms with E-state index in [2.05, 4.69) is 25.3 Å². The van der Waals surface area contributed by atoms with Crippen molar-refractivity contribution in [2.24, 2.45) is 0 Å². The van der Waals surface area contributed by atoms with Gasteiger partial charge in [0, 0.05) is 36.0 Å². The number of nitrogens with two attached hydrogens (primary N) is 1. The number of hydrogen-bond acceptors (Lipinski definition) is 6. The molecule has 0 saturated heterocycles. The van der Waals surface area contributed by atoms with E-state index in [9.17, 15) is 22.8 Å². The molecular formula is C34H38F3N7O2. The van der Waals surface area contributed by atoms with Gasteiger partial charge in [-0.15, -0.1) is 0 Å². The Hall–Kier alpha value is -4.48. The number of hydrogen-bond donors (Lipinski definition) is 3. The summed E-state index contributed by atoms with van der Waals surface area (Å²) in [6, 6.07) is 8.50. The Balaban J connectivity index is 1.33. The number of pyridine rings is 2. The van der Waals surface area contributed by atoms with Crippen molar-refractivity contribution in [3.8, 4) is 11.3 Å². The van der Waals surface area contributed by atoms with Gasteiger partial charge in [-0.3, -0.25) is 14.3 Å². The molecule has 2 aliphatic rings. The van der Waals surface area contributed by atoms with Crippen LogP contribution in [0.4, 0.5) is 24.8 Å². The highest BCUT2D eigenvalue weighted by Crippen LogP contribution is 2.39. The molecule has 3 aromatic heterocycles. The molecule has 4 aromatic rings. The molecule has 0 radical (unpaired) electrons. The predicted molar refractivity (Wildman–Crippen MR) is 170 cm³/mol. The van der Waals surface area contributed by atoms with E-state index < -0.39 is 17.6 Å². The molecule has 1 fully saturated rings. The lowest BCUT2D eigenvalue weighted by Crippen LogP contribution is -2.39. The van der Waals surface area contributed by atoms with Gasteiger partial charge in [-0.2, -0.15) is 18.3 Å². The quantitative estimate of drug-likeness (QED) is 0.218. The van der Waals surface area contributed by atoms with Gasteiger partial charge < -0.3 is 16.4 Å².